The first-order valence-electron chi connectivity index (χ1n) is 9.46. The first-order valence-corrected chi connectivity index (χ1v) is 12.8. The molecule has 0 aliphatic carbocycles. The summed E-state index contributed by atoms with van der Waals surface area (Å²) in [6, 6.07) is 14.6. The van der Waals surface area contributed by atoms with Crippen molar-refractivity contribution in [3.8, 4) is 11.5 Å². The van der Waals surface area contributed by atoms with E-state index in [0.29, 0.717) is 41.0 Å². The maximum absolute atomic E-state index is 12.7. The summed E-state index contributed by atoms with van der Waals surface area (Å²) < 4.78 is 66.6. The van der Waals surface area contributed by atoms with E-state index in [9.17, 15) is 16.8 Å². The fourth-order valence-corrected chi connectivity index (χ4v) is 5.38. The zero-order valence-electron chi connectivity index (χ0n) is 16.8. The molecule has 1 heterocycles. The minimum Gasteiger partial charge on any atom is -0.486 e. The molecule has 0 saturated heterocycles. The average Bonchev–Trinajstić information content (AvgIpc) is 2.76. The molecule has 0 aromatic heterocycles. The molecule has 3 aromatic carbocycles. The highest BCUT2D eigenvalue weighted by Crippen LogP contribution is 2.33. The predicted molar refractivity (Wildman–Crippen MR) is 122 cm³/mol. The molecule has 0 atom stereocenters. The lowest BCUT2D eigenvalue weighted by Crippen LogP contribution is -2.17. The van der Waals surface area contributed by atoms with Gasteiger partial charge in [-0.25, -0.2) is 16.8 Å². The van der Waals surface area contributed by atoms with Crippen LogP contribution < -0.4 is 18.9 Å². The molecule has 32 heavy (non-hydrogen) atoms. The fourth-order valence-electron chi connectivity index (χ4n) is 3.01. The van der Waals surface area contributed by atoms with Gasteiger partial charge in [-0.05, 0) is 61.0 Å². The van der Waals surface area contributed by atoms with Gasteiger partial charge in [0.2, 0.25) is 0 Å². The van der Waals surface area contributed by atoms with Crippen LogP contribution in [0.1, 0.15) is 5.56 Å². The lowest BCUT2D eigenvalue weighted by Gasteiger charge is -2.19. The summed E-state index contributed by atoms with van der Waals surface area (Å²) in [4.78, 5) is -0.0318. The van der Waals surface area contributed by atoms with Crippen molar-refractivity contribution in [2.45, 2.75) is 16.7 Å². The number of sulfonamides is 2. The van der Waals surface area contributed by atoms with Crippen LogP contribution in [0.4, 0.5) is 11.4 Å². The Bertz CT molecular complexity index is 1370. The summed E-state index contributed by atoms with van der Waals surface area (Å²) in [5, 5.41) is 0.400. The van der Waals surface area contributed by atoms with Crippen molar-refractivity contribution in [2.24, 2.45) is 0 Å². The Balaban J connectivity index is 1.52. The van der Waals surface area contributed by atoms with Crippen molar-refractivity contribution in [1.82, 2.24) is 0 Å². The summed E-state index contributed by atoms with van der Waals surface area (Å²) >= 11 is 5.95. The molecular formula is C21H19ClN2O6S2. The standard InChI is InChI=1S/C21H19ClN2O6S2/c1-14-2-3-15(22)12-19(14)24-31(25,26)17-6-4-16(5-7-17)23-32(27,28)18-8-9-20-21(13-18)30-11-10-29-20/h2-9,12-13,23-24H,10-11H2,1H3. The maximum atomic E-state index is 12.7. The van der Waals surface area contributed by atoms with Gasteiger partial charge in [0.15, 0.2) is 11.5 Å². The van der Waals surface area contributed by atoms with Crippen LogP contribution in [0.25, 0.3) is 0 Å². The first kappa shape index (κ1) is 22.3. The number of rotatable bonds is 6. The number of aryl methyl sites for hydroxylation is 1. The number of fused-ring (bicyclic) bond motifs is 1. The third-order valence-electron chi connectivity index (χ3n) is 4.68. The first-order chi connectivity index (χ1) is 15.1. The zero-order valence-corrected chi connectivity index (χ0v) is 19.2. The highest BCUT2D eigenvalue weighted by Gasteiger charge is 2.20. The van der Waals surface area contributed by atoms with Gasteiger partial charge in [0.25, 0.3) is 20.0 Å². The third kappa shape index (κ3) is 4.77. The average molecular weight is 495 g/mol. The molecule has 1 aliphatic rings. The van der Waals surface area contributed by atoms with Gasteiger partial charge < -0.3 is 9.47 Å². The largest absolute Gasteiger partial charge is 0.486 e. The monoisotopic (exact) mass is 494 g/mol. The van der Waals surface area contributed by atoms with E-state index >= 15 is 0 Å². The lowest BCUT2D eigenvalue weighted by molar-refractivity contribution is 0.171. The number of anilines is 2. The number of halogens is 1. The fraction of sp³-hybridized carbons (Fsp3) is 0.143. The quantitative estimate of drug-likeness (QED) is 0.535. The second-order valence-corrected chi connectivity index (χ2v) is 10.8. The van der Waals surface area contributed by atoms with Crippen LogP contribution in [-0.2, 0) is 20.0 Å². The Hall–Kier alpha value is -2.95. The van der Waals surface area contributed by atoms with Crippen molar-refractivity contribution >= 4 is 43.0 Å². The van der Waals surface area contributed by atoms with Gasteiger partial charge in [-0.2, -0.15) is 0 Å². The van der Waals surface area contributed by atoms with Crippen molar-refractivity contribution in [3.05, 3.63) is 71.2 Å². The zero-order chi connectivity index (χ0) is 22.9. The molecule has 0 fully saturated rings. The second-order valence-electron chi connectivity index (χ2n) is 7.00. The van der Waals surface area contributed by atoms with Crippen molar-refractivity contribution in [2.75, 3.05) is 22.7 Å². The topological polar surface area (TPSA) is 111 Å². The summed E-state index contributed by atoms with van der Waals surface area (Å²) in [5.74, 6) is 0.829. The van der Waals surface area contributed by atoms with Crippen LogP contribution in [-0.4, -0.2) is 30.0 Å². The molecule has 0 amide bonds. The third-order valence-corrected chi connectivity index (χ3v) is 7.68. The minimum absolute atomic E-state index is 0.00320. The molecular weight excluding hydrogens is 476 g/mol. The van der Waals surface area contributed by atoms with Crippen LogP contribution in [0, 0.1) is 6.92 Å². The van der Waals surface area contributed by atoms with E-state index in [1.807, 2.05) is 0 Å². The number of ether oxygens (including phenoxy) is 2. The molecule has 4 rings (SSSR count). The molecule has 0 unspecified atom stereocenters. The van der Waals surface area contributed by atoms with E-state index in [-0.39, 0.29) is 15.5 Å². The number of nitrogens with one attached hydrogen (secondary N) is 2. The molecule has 11 heteroatoms. The van der Waals surface area contributed by atoms with Gasteiger partial charge in [0.05, 0.1) is 15.5 Å². The maximum Gasteiger partial charge on any atom is 0.262 e. The van der Waals surface area contributed by atoms with Crippen LogP contribution in [0.5, 0.6) is 11.5 Å². The van der Waals surface area contributed by atoms with Gasteiger partial charge in [0.1, 0.15) is 13.2 Å². The Morgan fingerprint density at radius 2 is 1.38 bits per heavy atom. The Morgan fingerprint density at radius 1 is 0.750 bits per heavy atom. The van der Waals surface area contributed by atoms with Gasteiger partial charge in [-0.3, -0.25) is 9.44 Å². The van der Waals surface area contributed by atoms with Crippen LogP contribution >= 0.6 is 11.6 Å². The molecule has 2 N–H and O–H groups in total. The predicted octanol–water partition coefficient (Wildman–Crippen LogP) is 4.02. The van der Waals surface area contributed by atoms with E-state index in [0.717, 1.165) is 0 Å². The Labute approximate surface area is 191 Å². The minimum atomic E-state index is -3.92. The van der Waals surface area contributed by atoms with E-state index in [1.165, 1.54) is 48.5 Å². The van der Waals surface area contributed by atoms with Gasteiger partial charge in [0, 0.05) is 16.8 Å². The Kier molecular flexibility index (Phi) is 5.93. The number of hydrogen-bond donors (Lipinski definition) is 2. The molecule has 1 aliphatic heterocycles. The highest BCUT2D eigenvalue weighted by atomic mass is 35.5. The van der Waals surface area contributed by atoms with E-state index in [4.69, 9.17) is 21.1 Å². The van der Waals surface area contributed by atoms with E-state index in [1.54, 1.807) is 19.1 Å². The molecule has 0 saturated carbocycles. The van der Waals surface area contributed by atoms with Crippen molar-refractivity contribution < 1.29 is 26.3 Å². The van der Waals surface area contributed by atoms with Gasteiger partial charge in [-0.1, -0.05) is 17.7 Å². The van der Waals surface area contributed by atoms with Crippen LogP contribution in [0.15, 0.2) is 70.5 Å². The molecule has 3 aromatic rings. The summed E-state index contributed by atoms with van der Waals surface area (Å²) in [7, 11) is -7.81. The molecule has 168 valence electrons. The van der Waals surface area contributed by atoms with Crippen LogP contribution in [0.3, 0.4) is 0 Å². The molecule has 8 nitrogen and oxygen atoms in total. The number of benzene rings is 3. The van der Waals surface area contributed by atoms with Gasteiger partial charge >= 0.3 is 0 Å². The summed E-state index contributed by atoms with van der Waals surface area (Å²) in [6.45, 7) is 2.49. The molecule has 0 radical (unpaired) electrons. The second kappa shape index (κ2) is 8.53. The highest BCUT2D eigenvalue weighted by molar-refractivity contribution is 7.93. The van der Waals surface area contributed by atoms with Crippen molar-refractivity contribution in [1.29, 1.82) is 0 Å². The Morgan fingerprint density at radius 3 is 2.09 bits per heavy atom. The SMILES string of the molecule is Cc1ccc(Cl)cc1NS(=O)(=O)c1ccc(NS(=O)(=O)c2ccc3c(c2)OCCO3)cc1. The smallest absolute Gasteiger partial charge is 0.262 e. The summed E-state index contributed by atoms with van der Waals surface area (Å²) in [6.07, 6.45) is 0. The van der Waals surface area contributed by atoms with Crippen molar-refractivity contribution in [3.63, 3.8) is 0 Å². The van der Waals surface area contributed by atoms with Gasteiger partial charge in [-0.15, -0.1) is 0 Å². The van der Waals surface area contributed by atoms with Crippen LogP contribution in [0.2, 0.25) is 5.02 Å². The van der Waals surface area contributed by atoms with E-state index < -0.39 is 20.0 Å². The summed E-state index contributed by atoms with van der Waals surface area (Å²) in [5.41, 5.74) is 1.28. The molecule has 0 spiro atoms. The van der Waals surface area contributed by atoms with E-state index in [2.05, 4.69) is 9.44 Å². The number of hydrogen-bond acceptors (Lipinski definition) is 6. The molecule has 0 bridgehead atoms. The lowest BCUT2D eigenvalue weighted by atomic mass is 10.2. The normalized spacial score (nSPS) is 13.4.